The second-order valence-electron chi connectivity index (χ2n) is 6.03. The predicted octanol–water partition coefficient (Wildman–Crippen LogP) is 6.91. The van der Waals surface area contributed by atoms with E-state index < -0.39 is 10.0 Å². The fourth-order valence-corrected chi connectivity index (χ4v) is 4.79. The van der Waals surface area contributed by atoms with Crippen molar-refractivity contribution in [1.29, 1.82) is 0 Å². The van der Waals surface area contributed by atoms with E-state index in [-0.39, 0.29) is 15.7 Å². The summed E-state index contributed by atoms with van der Waals surface area (Å²) < 4.78 is 27.6. The second-order valence-corrected chi connectivity index (χ2v) is 9.86. The normalized spacial score (nSPS) is 11.1. The first-order valence-electron chi connectivity index (χ1n) is 8.24. The standard InChI is InChI=1S/C19H13Cl4N3O2S2/c20-11-5-12(21)8-16(7-11)25-19(29)24-15-1-3-18(4-2-15)30(27,28)26-17-9-13(22)6-14(23)10-17/h1-10,26H,(H2,24,25,29). The van der Waals surface area contributed by atoms with Crippen LogP contribution in [0.25, 0.3) is 0 Å². The molecule has 0 fully saturated rings. The van der Waals surface area contributed by atoms with Crippen molar-refractivity contribution in [3.8, 4) is 0 Å². The molecule has 3 aromatic carbocycles. The number of nitrogens with one attached hydrogen (secondary N) is 3. The number of sulfonamides is 1. The SMILES string of the molecule is O=S(=O)(Nc1cc(Cl)cc(Cl)c1)c1ccc(NC(=S)Nc2cc(Cl)cc(Cl)c2)cc1. The van der Waals surface area contributed by atoms with Crippen LogP contribution in [0.1, 0.15) is 0 Å². The Morgan fingerprint density at radius 1 is 0.667 bits per heavy atom. The average molecular weight is 521 g/mol. The van der Waals surface area contributed by atoms with Crippen LogP contribution in [0.4, 0.5) is 17.1 Å². The van der Waals surface area contributed by atoms with Crippen LogP contribution in [0.3, 0.4) is 0 Å². The lowest BCUT2D eigenvalue weighted by Crippen LogP contribution is -2.19. The van der Waals surface area contributed by atoms with E-state index in [9.17, 15) is 8.42 Å². The molecule has 0 heterocycles. The minimum absolute atomic E-state index is 0.0599. The molecule has 30 heavy (non-hydrogen) atoms. The Labute approximate surface area is 199 Å². The lowest BCUT2D eigenvalue weighted by Gasteiger charge is -2.12. The van der Waals surface area contributed by atoms with Crippen molar-refractivity contribution in [1.82, 2.24) is 0 Å². The highest BCUT2D eigenvalue weighted by Gasteiger charge is 2.15. The number of thiocarbonyl (C=S) groups is 1. The van der Waals surface area contributed by atoms with E-state index >= 15 is 0 Å². The van der Waals surface area contributed by atoms with Gasteiger partial charge in [0.2, 0.25) is 0 Å². The van der Waals surface area contributed by atoms with E-state index in [0.717, 1.165) is 0 Å². The highest BCUT2D eigenvalue weighted by atomic mass is 35.5. The molecule has 0 saturated carbocycles. The number of rotatable bonds is 5. The van der Waals surface area contributed by atoms with E-state index in [4.69, 9.17) is 58.6 Å². The van der Waals surface area contributed by atoms with Gasteiger partial charge >= 0.3 is 0 Å². The smallest absolute Gasteiger partial charge is 0.261 e. The van der Waals surface area contributed by atoms with E-state index in [1.165, 1.54) is 30.3 Å². The van der Waals surface area contributed by atoms with Crippen LogP contribution in [0, 0.1) is 0 Å². The molecule has 5 nitrogen and oxygen atoms in total. The fourth-order valence-electron chi connectivity index (χ4n) is 2.46. The van der Waals surface area contributed by atoms with Crippen LogP contribution in [-0.2, 0) is 10.0 Å². The highest BCUT2D eigenvalue weighted by molar-refractivity contribution is 7.92. The maximum atomic E-state index is 12.6. The van der Waals surface area contributed by atoms with Crippen LogP contribution in [0.2, 0.25) is 20.1 Å². The molecular formula is C19H13Cl4N3O2S2. The van der Waals surface area contributed by atoms with Crippen LogP contribution in [-0.4, -0.2) is 13.5 Å². The zero-order valence-corrected chi connectivity index (χ0v) is 19.6. The summed E-state index contributed by atoms with van der Waals surface area (Å²) in [5.74, 6) is 0. The maximum Gasteiger partial charge on any atom is 0.261 e. The van der Waals surface area contributed by atoms with Gasteiger partial charge < -0.3 is 10.6 Å². The van der Waals surface area contributed by atoms with E-state index in [0.29, 0.717) is 31.5 Å². The molecule has 3 rings (SSSR count). The summed E-state index contributed by atoms with van der Waals surface area (Å²) in [4.78, 5) is 0.0599. The molecule has 3 N–H and O–H groups in total. The average Bonchev–Trinajstić information content (AvgIpc) is 2.59. The zero-order chi connectivity index (χ0) is 21.9. The third-order valence-electron chi connectivity index (χ3n) is 3.66. The molecule has 3 aromatic rings. The molecule has 0 spiro atoms. The number of hydrogen-bond donors (Lipinski definition) is 3. The van der Waals surface area contributed by atoms with Gasteiger partial charge in [-0.15, -0.1) is 0 Å². The van der Waals surface area contributed by atoms with Gasteiger partial charge in [0.05, 0.1) is 10.6 Å². The third kappa shape index (κ3) is 6.38. The number of benzene rings is 3. The topological polar surface area (TPSA) is 70.2 Å². The molecule has 0 aliphatic carbocycles. The molecular weight excluding hydrogens is 508 g/mol. The van der Waals surface area contributed by atoms with Crippen molar-refractivity contribution in [2.45, 2.75) is 4.90 Å². The molecule has 0 aliphatic rings. The summed E-state index contributed by atoms with van der Waals surface area (Å²) in [7, 11) is -3.82. The summed E-state index contributed by atoms with van der Waals surface area (Å²) in [6.07, 6.45) is 0. The van der Waals surface area contributed by atoms with Crippen molar-refractivity contribution in [3.63, 3.8) is 0 Å². The molecule has 0 aromatic heterocycles. The molecule has 0 unspecified atom stereocenters. The summed E-state index contributed by atoms with van der Waals surface area (Å²) in [5, 5.41) is 7.78. The largest absolute Gasteiger partial charge is 0.332 e. The van der Waals surface area contributed by atoms with Crippen molar-refractivity contribution in [2.75, 3.05) is 15.4 Å². The predicted molar refractivity (Wildman–Crippen MR) is 130 cm³/mol. The van der Waals surface area contributed by atoms with Crippen molar-refractivity contribution in [2.24, 2.45) is 0 Å². The first-order valence-corrected chi connectivity index (χ1v) is 11.6. The monoisotopic (exact) mass is 519 g/mol. The quantitative estimate of drug-likeness (QED) is 0.319. The Kier molecular flexibility index (Phi) is 7.34. The van der Waals surface area contributed by atoms with Crippen LogP contribution in [0.15, 0.2) is 65.6 Å². The van der Waals surface area contributed by atoms with Gasteiger partial charge in [-0.25, -0.2) is 8.42 Å². The Morgan fingerprint density at radius 3 is 1.60 bits per heavy atom. The highest BCUT2D eigenvalue weighted by Crippen LogP contribution is 2.26. The minimum Gasteiger partial charge on any atom is -0.332 e. The lowest BCUT2D eigenvalue weighted by atomic mass is 10.3. The summed E-state index contributed by atoms with van der Waals surface area (Å²) in [5.41, 5.74) is 1.47. The lowest BCUT2D eigenvalue weighted by molar-refractivity contribution is 0.601. The van der Waals surface area contributed by atoms with Crippen LogP contribution < -0.4 is 15.4 Å². The molecule has 0 radical (unpaired) electrons. The molecule has 0 atom stereocenters. The number of hydrogen-bond acceptors (Lipinski definition) is 3. The second kappa shape index (κ2) is 9.60. The van der Waals surface area contributed by atoms with E-state index in [1.807, 2.05) is 0 Å². The van der Waals surface area contributed by atoms with Gasteiger partial charge in [-0.05, 0) is 72.9 Å². The van der Waals surface area contributed by atoms with Gasteiger partial charge in [-0.1, -0.05) is 46.4 Å². The molecule has 156 valence electrons. The summed E-state index contributed by atoms with van der Waals surface area (Å²) in [6, 6.07) is 15.4. The summed E-state index contributed by atoms with van der Waals surface area (Å²) >= 11 is 29.0. The molecule has 0 aliphatic heterocycles. The summed E-state index contributed by atoms with van der Waals surface area (Å²) in [6.45, 7) is 0. The Bertz CT molecular complexity index is 1160. The third-order valence-corrected chi connectivity index (χ3v) is 6.13. The van der Waals surface area contributed by atoms with Gasteiger partial charge in [-0.2, -0.15) is 0 Å². The Balaban J connectivity index is 1.68. The van der Waals surface area contributed by atoms with E-state index in [2.05, 4.69) is 15.4 Å². The van der Waals surface area contributed by atoms with Crippen molar-refractivity contribution < 1.29 is 8.42 Å². The maximum absolute atomic E-state index is 12.6. The first kappa shape index (κ1) is 22.9. The van der Waals surface area contributed by atoms with Gasteiger partial charge in [-0.3, -0.25) is 4.72 Å². The molecule has 0 amide bonds. The Morgan fingerprint density at radius 2 is 1.10 bits per heavy atom. The van der Waals surface area contributed by atoms with Crippen LogP contribution in [0.5, 0.6) is 0 Å². The Hall–Kier alpha value is -1.74. The van der Waals surface area contributed by atoms with Gasteiger partial charge in [0, 0.05) is 31.5 Å². The van der Waals surface area contributed by atoms with E-state index in [1.54, 1.807) is 30.3 Å². The van der Waals surface area contributed by atoms with Gasteiger partial charge in [0.15, 0.2) is 5.11 Å². The van der Waals surface area contributed by atoms with Crippen molar-refractivity contribution >= 4 is 90.8 Å². The number of halogens is 4. The van der Waals surface area contributed by atoms with Gasteiger partial charge in [0.1, 0.15) is 0 Å². The minimum atomic E-state index is -3.82. The number of anilines is 3. The molecule has 0 saturated heterocycles. The molecule has 0 bridgehead atoms. The van der Waals surface area contributed by atoms with Gasteiger partial charge in [0.25, 0.3) is 10.0 Å². The molecule has 11 heteroatoms. The van der Waals surface area contributed by atoms with Crippen LogP contribution >= 0.6 is 58.6 Å². The van der Waals surface area contributed by atoms with Crippen molar-refractivity contribution in [3.05, 3.63) is 80.8 Å². The first-order chi connectivity index (χ1) is 14.1. The zero-order valence-electron chi connectivity index (χ0n) is 14.9. The fraction of sp³-hybridized carbons (Fsp3) is 0.